The molecule has 0 saturated carbocycles. The first-order valence-electron chi connectivity index (χ1n) is 6.93. The van der Waals surface area contributed by atoms with Crippen LogP contribution < -0.4 is 10.6 Å². The number of anilines is 2. The Kier molecular flexibility index (Phi) is 3.54. The smallest absolute Gasteiger partial charge is 0.303 e. The van der Waals surface area contributed by atoms with Crippen LogP contribution in [0.5, 0.6) is 5.75 Å². The summed E-state index contributed by atoms with van der Waals surface area (Å²) in [7, 11) is 0. The van der Waals surface area contributed by atoms with Crippen molar-refractivity contribution in [2.45, 2.75) is 6.42 Å². The van der Waals surface area contributed by atoms with E-state index in [1.165, 1.54) is 0 Å². The number of aromatic hydroxyl groups is 1. The molecule has 1 fully saturated rings. The zero-order valence-corrected chi connectivity index (χ0v) is 11.8. The molecule has 2 heterocycles. The Balaban J connectivity index is 1.83. The minimum Gasteiger partial charge on any atom is -0.507 e. The van der Waals surface area contributed by atoms with E-state index in [-0.39, 0.29) is 18.1 Å². The molecule has 2 aromatic rings. The monoisotopic (exact) mass is 300 g/mol. The first-order chi connectivity index (χ1) is 10.5. The molecule has 4 N–H and O–H groups in total. The lowest BCUT2D eigenvalue weighted by Crippen LogP contribution is -2.48. The van der Waals surface area contributed by atoms with E-state index in [0.29, 0.717) is 30.2 Å². The number of nitrogens with zero attached hydrogens (tertiary/aromatic N) is 3. The Morgan fingerprint density at radius 2 is 2.05 bits per heavy atom. The molecule has 0 unspecified atom stereocenters. The van der Waals surface area contributed by atoms with Gasteiger partial charge in [0.25, 0.3) is 0 Å². The topological polar surface area (TPSA) is 113 Å². The molecule has 1 aliphatic rings. The number of nitrogens with two attached hydrogens (primary N) is 1. The third-order valence-electron chi connectivity index (χ3n) is 3.74. The lowest BCUT2D eigenvalue weighted by molar-refractivity contribution is -0.138. The summed E-state index contributed by atoms with van der Waals surface area (Å²) in [6.45, 7) is 1.25. The fraction of sp³-hybridized carbons (Fsp3) is 0.267. The van der Waals surface area contributed by atoms with Gasteiger partial charge in [0, 0.05) is 24.6 Å². The Labute approximate surface area is 127 Å². The largest absolute Gasteiger partial charge is 0.507 e. The van der Waals surface area contributed by atoms with Gasteiger partial charge in [-0.25, -0.2) is 0 Å². The van der Waals surface area contributed by atoms with Gasteiger partial charge in [0.1, 0.15) is 5.75 Å². The van der Waals surface area contributed by atoms with Gasteiger partial charge in [-0.1, -0.05) is 12.1 Å². The number of carboxylic acid groups (broad SMARTS) is 1. The summed E-state index contributed by atoms with van der Waals surface area (Å²) in [6, 6.07) is 8.65. The SMILES string of the molecule is Nc1nnc(-c2ccccc2O)cc1N1CC(CC(=O)O)C1. The summed E-state index contributed by atoms with van der Waals surface area (Å²) >= 11 is 0. The summed E-state index contributed by atoms with van der Waals surface area (Å²) in [5.74, 6) is -0.244. The molecule has 1 aliphatic heterocycles. The van der Waals surface area contributed by atoms with Crippen LogP contribution in [0, 0.1) is 5.92 Å². The standard InChI is InChI=1S/C15H16N4O3/c16-15-12(19-7-9(8-19)5-14(21)22)6-11(17-18-15)10-3-1-2-4-13(10)20/h1-4,6,9,20H,5,7-8H2,(H2,16,18)(H,21,22). The zero-order valence-electron chi connectivity index (χ0n) is 11.8. The maximum absolute atomic E-state index is 10.7. The Hall–Kier alpha value is -2.83. The molecular formula is C15H16N4O3. The van der Waals surface area contributed by atoms with Crippen LogP contribution in [0.1, 0.15) is 6.42 Å². The molecule has 114 valence electrons. The molecule has 7 heteroatoms. The van der Waals surface area contributed by atoms with Crippen molar-refractivity contribution < 1.29 is 15.0 Å². The van der Waals surface area contributed by atoms with Gasteiger partial charge in [-0.3, -0.25) is 4.79 Å². The Morgan fingerprint density at radius 1 is 1.32 bits per heavy atom. The highest BCUT2D eigenvalue weighted by Crippen LogP contribution is 2.34. The van der Waals surface area contributed by atoms with E-state index in [9.17, 15) is 9.90 Å². The number of phenols is 1. The fourth-order valence-electron chi connectivity index (χ4n) is 2.61. The van der Waals surface area contributed by atoms with Crippen LogP contribution in [0.25, 0.3) is 11.3 Å². The van der Waals surface area contributed by atoms with Crippen molar-refractivity contribution in [3.05, 3.63) is 30.3 Å². The maximum Gasteiger partial charge on any atom is 0.303 e. The number of rotatable bonds is 4. The lowest BCUT2D eigenvalue weighted by atomic mass is 9.95. The first-order valence-corrected chi connectivity index (χ1v) is 6.93. The van der Waals surface area contributed by atoms with Crippen LogP contribution in [0.15, 0.2) is 30.3 Å². The van der Waals surface area contributed by atoms with E-state index in [0.717, 1.165) is 5.69 Å². The number of nitrogen functional groups attached to an aromatic ring is 1. The second-order valence-corrected chi connectivity index (χ2v) is 5.39. The minimum absolute atomic E-state index is 0.124. The molecule has 0 amide bonds. The van der Waals surface area contributed by atoms with Crippen molar-refractivity contribution in [1.29, 1.82) is 0 Å². The van der Waals surface area contributed by atoms with Gasteiger partial charge in [0.05, 0.1) is 17.8 Å². The van der Waals surface area contributed by atoms with Crippen molar-refractivity contribution in [2.75, 3.05) is 23.7 Å². The summed E-state index contributed by atoms with van der Waals surface area (Å²) in [6.07, 6.45) is 0.154. The van der Waals surface area contributed by atoms with Crippen LogP contribution in [0.3, 0.4) is 0 Å². The number of aromatic nitrogens is 2. The van der Waals surface area contributed by atoms with E-state index in [1.807, 2.05) is 4.90 Å². The third kappa shape index (κ3) is 2.65. The summed E-state index contributed by atoms with van der Waals surface area (Å²) in [5, 5.41) is 26.7. The number of para-hydroxylation sites is 1. The first kappa shape index (κ1) is 14.1. The predicted molar refractivity (Wildman–Crippen MR) is 81.5 cm³/mol. The molecule has 0 spiro atoms. The van der Waals surface area contributed by atoms with Gasteiger partial charge in [0.2, 0.25) is 0 Å². The van der Waals surface area contributed by atoms with Crippen LogP contribution in [0.2, 0.25) is 0 Å². The molecule has 22 heavy (non-hydrogen) atoms. The molecule has 3 rings (SSSR count). The lowest BCUT2D eigenvalue weighted by Gasteiger charge is -2.40. The second kappa shape index (κ2) is 5.51. The quantitative estimate of drug-likeness (QED) is 0.781. The molecule has 1 aromatic carbocycles. The molecule has 0 aliphatic carbocycles. The van der Waals surface area contributed by atoms with Crippen LogP contribution in [-0.4, -0.2) is 39.5 Å². The number of aliphatic carboxylic acids is 1. The van der Waals surface area contributed by atoms with Crippen molar-refractivity contribution in [1.82, 2.24) is 10.2 Å². The van der Waals surface area contributed by atoms with E-state index >= 15 is 0 Å². The van der Waals surface area contributed by atoms with Gasteiger partial charge in [-0.2, -0.15) is 0 Å². The number of hydrogen-bond donors (Lipinski definition) is 3. The second-order valence-electron chi connectivity index (χ2n) is 5.39. The van der Waals surface area contributed by atoms with Crippen LogP contribution in [-0.2, 0) is 4.79 Å². The van der Waals surface area contributed by atoms with E-state index < -0.39 is 5.97 Å². The predicted octanol–water partition coefficient (Wildman–Crippen LogP) is 1.34. The average molecular weight is 300 g/mol. The summed E-state index contributed by atoms with van der Waals surface area (Å²) < 4.78 is 0. The summed E-state index contributed by atoms with van der Waals surface area (Å²) in [4.78, 5) is 12.7. The van der Waals surface area contributed by atoms with Crippen molar-refractivity contribution in [3.63, 3.8) is 0 Å². The highest BCUT2D eigenvalue weighted by molar-refractivity contribution is 5.75. The maximum atomic E-state index is 10.7. The van der Waals surface area contributed by atoms with Crippen molar-refractivity contribution >= 4 is 17.5 Å². The van der Waals surface area contributed by atoms with E-state index in [2.05, 4.69) is 10.2 Å². The average Bonchev–Trinajstić information content (AvgIpc) is 2.44. The normalized spacial score (nSPS) is 14.6. The molecule has 0 atom stereocenters. The number of phenolic OH excluding ortho intramolecular Hbond substituents is 1. The van der Waals surface area contributed by atoms with Gasteiger partial charge in [-0.15, -0.1) is 10.2 Å². The third-order valence-corrected chi connectivity index (χ3v) is 3.74. The molecular weight excluding hydrogens is 284 g/mol. The highest BCUT2D eigenvalue weighted by Gasteiger charge is 2.30. The van der Waals surface area contributed by atoms with Crippen molar-refractivity contribution in [2.24, 2.45) is 5.92 Å². The number of carboxylic acids is 1. The molecule has 0 radical (unpaired) electrons. The highest BCUT2D eigenvalue weighted by atomic mass is 16.4. The van der Waals surface area contributed by atoms with Crippen LogP contribution >= 0.6 is 0 Å². The van der Waals surface area contributed by atoms with Crippen LogP contribution in [0.4, 0.5) is 11.5 Å². The Morgan fingerprint density at radius 3 is 2.73 bits per heavy atom. The van der Waals surface area contributed by atoms with Gasteiger partial charge in [-0.05, 0) is 18.2 Å². The van der Waals surface area contributed by atoms with Crippen molar-refractivity contribution in [3.8, 4) is 17.0 Å². The zero-order chi connectivity index (χ0) is 15.7. The fourth-order valence-corrected chi connectivity index (χ4v) is 2.61. The number of benzene rings is 1. The Bertz CT molecular complexity index is 714. The van der Waals surface area contributed by atoms with E-state index in [1.54, 1.807) is 30.3 Å². The molecule has 1 aromatic heterocycles. The molecule has 0 bridgehead atoms. The van der Waals surface area contributed by atoms with E-state index in [4.69, 9.17) is 10.8 Å². The summed E-state index contributed by atoms with van der Waals surface area (Å²) in [5.41, 5.74) is 7.70. The van der Waals surface area contributed by atoms with Gasteiger partial charge in [0.15, 0.2) is 5.82 Å². The minimum atomic E-state index is -0.791. The number of carbonyl (C=O) groups is 1. The van der Waals surface area contributed by atoms with Gasteiger partial charge < -0.3 is 20.8 Å². The molecule has 7 nitrogen and oxygen atoms in total. The van der Waals surface area contributed by atoms with Gasteiger partial charge >= 0.3 is 5.97 Å². The number of hydrogen-bond acceptors (Lipinski definition) is 6. The molecule has 1 saturated heterocycles.